The molecule has 0 aliphatic rings. The third kappa shape index (κ3) is 3.08. The van der Waals surface area contributed by atoms with Crippen molar-refractivity contribution in [3.63, 3.8) is 0 Å². The van der Waals surface area contributed by atoms with E-state index in [1.807, 2.05) is 24.3 Å². The van der Waals surface area contributed by atoms with Crippen LogP contribution in [0.4, 0.5) is 17.6 Å². The van der Waals surface area contributed by atoms with E-state index in [-0.39, 0.29) is 5.95 Å². The van der Waals surface area contributed by atoms with Gasteiger partial charge >= 0.3 is 0 Å². The monoisotopic (exact) mass is 310 g/mol. The topological polar surface area (TPSA) is 102 Å². The molecule has 0 saturated heterocycles. The molecule has 1 aromatic carbocycles. The molecule has 0 amide bonds. The molecule has 0 atom stereocenters. The van der Waals surface area contributed by atoms with Crippen LogP contribution in [0.25, 0.3) is 11.1 Å². The lowest BCUT2D eigenvalue weighted by atomic mass is 9.95. The maximum absolute atomic E-state index is 5.53. The summed E-state index contributed by atoms with van der Waals surface area (Å²) in [5.74, 6) is 1.32. The second-order valence-corrected chi connectivity index (χ2v) is 5.24. The fourth-order valence-corrected chi connectivity index (χ4v) is 2.63. The number of hydrogen-bond donors (Lipinski definition) is 3. The Kier molecular flexibility index (Phi) is 3.84. The van der Waals surface area contributed by atoms with Crippen LogP contribution >= 0.6 is 0 Å². The Balaban J connectivity index is 1.96. The summed E-state index contributed by atoms with van der Waals surface area (Å²) in [6.07, 6.45) is 1.75. The maximum atomic E-state index is 5.53. The van der Waals surface area contributed by atoms with Crippen molar-refractivity contribution in [2.45, 2.75) is 13.8 Å². The van der Waals surface area contributed by atoms with Gasteiger partial charge in [0.15, 0.2) is 0 Å². The Hall–Kier alpha value is -3.09. The van der Waals surface area contributed by atoms with E-state index in [9.17, 15) is 0 Å². The molecule has 118 valence electrons. The van der Waals surface area contributed by atoms with E-state index in [2.05, 4.69) is 39.3 Å². The summed E-state index contributed by atoms with van der Waals surface area (Å²) >= 11 is 0. The summed E-state index contributed by atoms with van der Waals surface area (Å²) in [6, 6.07) is 7.99. The summed E-state index contributed by atoms with van der Waals surface area (Å²) in [5, 5.41) is 9.72. The van der Waals surface area contributed by atoms with Crippen LogP contribution in [0.3, 0.4) is 0 Å². The van der Waals surface area contributed by atoms with Crippen LogP contribution in [0.1, 0.15) is 11.1 Å². The van der Waals surface area contributed by atoms with Crippen molar-refractivity contribution in [1.82, 2.24) is 20.2 Å². The number of hydrogen-bond acceptors (Lipinski definition) is 6. The quantitative estimate of drug-likeness (QED) is 0.685. The standard InChI is InChI=1S/C16H18N6O/c1-9-6-12(19-16-20-15(17)21-22-16)7-10(2)14(9)11-4-5-18-13(8-11)23-3/h4-8H,1-3H3,(H4,17,19,20,21,22). The number of ether oxygens (including phenoxy) is 1. The number of methoxy groups -OCH3 is 1. The van der Waals surface area contributed by atoms with E-state index in [0.29, 0.717) is 11.8 Å². The fourth-order valence-electron chi connectivity index (χ4n) is 2.63. The molecule has 0 saturated carbocycles. The van der Waals surface area contributed by atoms with Gasteiger partial charge in [0.1, 0.15) is 0 Å². The number of benzene rings is 1. The third-order valence-corrected chi connectivity index (χ3v) is 3.52. The molecular weight excluding hydrogens is 292 g/mol. The van der Waals surface area contributed by atoms with Crippen LogP contribution in [-0.4, -0.2) is 27.3 Å². The van der Waals surface area contributed by atoms with Crippen LogP contribution in [0.15, 0.2) is 30.5 Å². The van der Waals surface area contributed by atoms with Gasteiger partial charge in [-0.3, -0.25) is 0 Å². The van der Waals surface area contributed by atoms with Gasteiger partial charge in [-0.15, -0.1) is 5.10 Å². The molecule has 7 heteroatoms. The Morgan fingerprint density at radius 1 is 1.17 bits per heavy atom. The average Bonchev–Trinajstić information content (AvgIpc) is 2.92. The van der Waals surface area contributed by atoms with Gasteiger partial charge in [0.05, 0.1) is 7.11 Å². The zero-order chi connectivity index (χ0) is 16.4. The highest BCUT2D eigenvalue weighted by molar-refractivity contribution is 5.75. The number of anilines is 3. The highest BCUT2D eigenvalue weighted by atomic mass is 16.5. The highest BCUT2D eigenvalue weighted by Crippen LogP contribution is 2.31. The normalized spacial score (nSPS) is 10.6. The SMILES string of the molecule is COc1cc(-c2c(C)cc(Nc3n[nH]c(N)n3)cc2C)ccn1. The first-order valence-corrected chi connectivity index (χ1v) is 7.13. The molecular formula is C16H18N6O. The molecule has 0 aliphatic carbocycles. The van der Waals surface area contributed by atoms with Gasteiger partial charge in [0.25, 0.3) is 0 Å². The van der Waals surface area contributed by atoms with Gasteiger partial charge < -0.3 is 15.8 Å². The number of nitrogen functional groups attached to an aromatic ring is 1. The van der Waals surface area contributed by atoms with Gasteiger partial charge in [0.2, 0.25) is 17.8 Å². The van der Waals surface area contributed by atoms with Crippen molar-refractivity contribution >= 4 is 17.6 Å². The van der Waals surface area contributed by atoms with E-state index in [4.69, 9.17) is 10.5 Å². The molecule has 4 N–H and O–H groups in total. The second kappa shape index (κ2) is 5.96. The number of pyridine rings is 1. The van der Waals surface area contributed by atoms with Crippen LogP contribution in [0.5, 0.6) is 5.88 Å². The van der Waals surface area contributed by atoms with Crippen molar-refractivity contribution in [1.29, 1.82) is 0 Å². The minimum absolute atomic E-state index is 0.279. The van der Waals surface area contributed by atoms with Crippen molar-refractivity contribution in [2.75, 3.05) is 18.2 Å². The number of rotatable bonds is 4. The number of aromatic nitrogens is 4. The molecule has 0 radical (unpaired) electrons. The third-order valence-electron chi connectivity index (χ3n) is 3.52. The van der Waals surface area contributed by atoms with Gasteiger partial charge in [0, 0.05) is 18.0 Å². The Labute approximate surface area is 133 Å². The van der Waals surface area contributed by atoms with Gasteiger partial charge in [-0.25, -0.2) is 10.1 Å². The number of H-pyrrole nitrogens is 1. The summed E-state index contributed by atoms with van der Waals surface area (Å²) < 4.78 is 5.21. The molecule has 2 aromatic heterocycles. The van der Waals surface area contributed by atoms with E-state index in [0.717, 1.165) is 27.9 Å². The van der Waals surface area contributed by atoms with Crippen molar-refractivity contribution < 1.29 is 4.74 Å². The number of aromatic amines is 1. The smallest absolute Gasteiger partial charge is 0.248 e. The van der Waals surface area contributed by atoms with Crippen LogP contribution in [-0.2, 0) is 0 Å². The largest absolute Gasteiger partial charge is 0.481 e. The van der Waals surface area contributed by atoms with Crippen molar-refractivity contribution in [2.24, 2.45) is 0 Å². The molecule has 2 heterocycles. The first-order chi connectivity index (χ1) is 11.1. The minimum atomic E-state index is 0.279. The van der Waals surface area contributed by atoms with E-state index >= 15 is 0 Å². The maximum Gasteiger partial charge on any atom is 0.248 e. The van der Waals surface area contributed by atoms with Gasteiger partial charge in [-0.2, -0.15) is 4.98 Å². The van der Waals surface area contributed by atoms with Crippen molar-refractivity contribution in [3.8, 4) is 17.0 Å². The molecule has 3 aromatic rings. The molecule has 0 unspecified atom stereocenters. The number of nitrogens with one attached hydrogen (secondary N) is 2. The zero-order valence-corrected chi connectivity index (χ0v) is 13.2. The van der Waals surface area contributed by atoms with E-state index in [1.54, 1.807) is 13.3 Å². The number of aryl methyl sites for hydroxylation is 2. The second-order valence-electron chi connectivity index (χ2n) is 5.24. The van der Waals surface area contributed by atoms with Crippen LogP contribution in [0, 0.1) is 13.8 Å². The first-order valence-electron chi connectivity index (χ1n) is 7.13. The molecule has 0 aliphatic heterocycles. The average molecular weight is 310 g/mol. The lowest BCUT2D eigenvalue weighted by Gasteiger charge is -2.13. The van der Waals surface area contributed by atoms with E-state index < -0.39 is 0 Å². The predicted octanol–water partition coefficient (Wildman–Crippen LogP) is 2.82. The molecule has 0 spiro atoms. The van der Waals surface area contributed by atoms with Crippen LogP contribution in [0.2, 0.25) is 0 Å². The highest BCUT2D eigenvalue weighted by Gasteiger charge is 2.10. The van der Waals surface area contributed by atoms with E-state index in [1.165, 1.54) is 0 Å². The Morgan fingerprint density at radius 3 is 2.52 bits per heavy atom. The Bertz CT molecular complexity index is 819. The number of nitrogens with zero attached hydrogens (tertiary/aromatic N) is 3. The molecule has 23 heavy (non-hydrogen) atoms. The lowest BCUT2D eigenvalue weighted by Crippen LogP contribution is -1.97. The summed E-state index contributed by atoms with van der Waals surface area (Å²) in [5.41, 5.74) is 10.9. The zero-order valence-electron chi connectivity index (χ0n) is 13.2. The molecule has 3 rings (SSSR count). The summed E-state index contributed by atoms with van der Waals surface area (Å²) in [7, 11) is 1.61. The predicted molar refractivity (Wildman–Crippen MR) is 89.8 cm³/mol. The molecule has 0 bridgehead atoms. The number of nitrogens with two attached hydrogens (primary N) is 1. The first kappa shape index (κ1) is 14.8. The van der Waals surface area contributed by atoms with Crippen molar-refractivity contribution in [3.05, 3.63) is 41.6 Å². The minimum Gasteiger partial charge on any atom is -0.481 e. The summed E-state index contributed by atoms with van der Waals surface area (Å²) in [6.45, 7) is 4.12. The lowest BCUT2D eigenvalue weighted by molar-refractivity contribution is 0.398. The molecule has 7 nitrogen and oxygen atoms in total. The molecule has 0 fully saturated rings. The van der Waals surface area contributed by atoms with Gasteiger partial charge in [-0.05, 0) is 54.3 Å². The van der Waals surface area contributed by atoms with Crippen LogP contribution < -0.4 is 15.8 Å². The fraction of sp³-hybridized carbons (Fsp3) is 0.188. The Morgan fingerprint density at radius 2 is 1.91 bits per heavy atom. The summed E-state index contributed by atoms with van der Waals surface area (Å²) in [4.78, 5) is 8.20. The van der Waals surface area contributed by atoms with Gasteiger partial charge in [-0.1, -0.05) is 0 Å².